The van der Waals surface area contributed by atoms with Gasteiger partial charge in [0.1, 0.15) is 0 Å². The highest BCUT2D eigenvalue weighted by molar-refractivity contribution is 5.95. The van der Waals surface area contributed by atoms with E-state index in [2.05, 4.69) is 16.1 Å². The summed E-state index contributed by atoms with van der Waals surface area (Å²) in [5, 5.41) is 4.33. The van der Waals surface area contributed by atoms with E-state index in [1.807, 2.05) is 23.1 Å². The predicted octanol–water partition coefficient (Wildman–Crippen LogP) is 1.12. The first-order valence-electron chi connectivity index (χ1n) is 8.78. The molecule has 0 fully saturated rings. The zero-order chi connectivity index (χ0) is 17.4. The molecular formula is C19H22N4O2. The number of rotatable bonds is 2. The van der Waals surface area contributed by atoms with Crippen molar-refractivity contribution in [2.75, 3.05) is 24.5 Å². The molecule has 1 aromatic heterocycles. The SMILES string of the molecule is Cn1nc2c(cc1=O)CN(CC(=O)N1CCCc3ccccc31)CC2. The van der Waals surface area contributed by atoms with E-state index in [1.54, 1.807) is 13.1 Å². The van der Waals surface area contributed by atoms with E-state index in [9.17, 15) is 9.59 Å². The summed E-state index contributed by atoms with van der Waals surface area (Å²) in [6, 6.07) is 9.80. The third kappa shape index (κ3) is 3.09. The van der Waals surface area contributed by atoms with Crippen molar-refractivity contribution in [3.8, 4) is 0 Å². The normalized spacial score (nSPS) is 17.1. The molecule has 0 saturated heterocycles. The number of aromatic nitrogens is 2. The third-order valence-corrected chi connectivity index (χ3v) is 5.09. The minimum Gasteiger partial charge on any atom is -0.311 e. The Balaban J connectivity index is 1.49. The largest absolute Gasteiger partial charge is 0.311 e. The zero-order valence-corrected chi connectivity index (χ0v) is 14.4. The van der Waals surface area contributed by atoms with Crippen LogP contribution >= 0.6 is 0 Å². The number of aryl methyl sites for hydroxylation is 2. The first-order valence-corrected chi connectivity index (χ1v) is 8.78. The molecule has 0 N–H and O–H groups in total. The summed E-state index contributed by atoms with van der Waals surface area (Å²) in [6.07, 6.45) is 2.81. The lowest BCUT2D eigenvalue weighted by molar-refractivity contribution is -0.120. The molecule has 0 saturated carbocycles. The van der Waals surface area contributed by atoms with Crippen LogP contribution in [-0.2, 0) is 31.2 Å². The lowest BCUT2D eigenvalue weighted by atomic mass is 10.0. The maximum atomic E-state index is 12.9. The minimum absolute atomic E-state index is 0.100. The van der Waals surface area contributed by atoms with Gasteiger partial charge in [0.25, 0.3) is 5.56 Å². The second-order valence-electron chi connectivity index (χ2n) is 6.82. The van der Waals surface area contributed by atoms with Gasteiger partial charge in [-0.15, -0.1) is 0 Å². The number of hydrogen-bond donors (Lipinski definition) is 0. The molecule has 0 bridgehead atoms. The average Bonchev–Trinajstić information content (AvgIpc) is 2.62. The average molecular weight is 338 g/mol. The molecule has 0 atom stereocenters. The highest BCUT2D eigenvalue weighted by atomic mass is 16.2. The van der Waals surface area contributed by atoms with Crippen molar-refractivity contribution in [1.29, 1.82) is 0 Å². The van der Waals surface area contributed by atoms with Crippen LogP contribution in [-0.4, -0.2) is 40.2 Å². The smallest absolute Gasteiger partial charge is 0.266 e. The van der Waals surface area contributed by atoms with Gasteiger partial charge in [-0.2, -0.15) is 5.10 Å². The zero-order valence-electron chi connectivity index (χ0n) is 14.4. The van der Waals surface area contributed by atoms with Crippen LogP contribution in [0.3, 0.4) is 0 Å². The topological polar surface area (TPSA) is 58.4 Å². The van der Waals surface area contributed by atoms with Gasteiger partial charge < -0.3 is 4.90 Å². The fraction of sp³-hybridized carbons (Fsp3) is 0.421. The Morgan fingerprint density at radius 1 is 1.16 bits per heavy atom. The van der Waals surface area contributed by atoms with Crippen molar-refractivity contribution in [3.63, 3.8) is 0 Å². The molecule has 3 heterocycles. The Kier molecular flexibility index (Phi) is 4.13. The summed E-state index contributed by atoms with van der Waals surface area (Å²) in [5.41, 5.74) is 4.11. The van der Waals surface area contributed by atoms with E-state index in [0.29, 0.717) is 13.1 Å². The molecule has 2 aliphatic heterocycles. The van der Waals surface area contributed by atoms with Crippen LogP contribution in [0.25, 0.3) is 0 Å². The fourth-order valence-electron chi connectivity index (χ4n) is 3.76. The highest BCUT2D eigenvalue weighted by Gasteiger charge is 2.26. The number of benzene rings is 1. The standard InChI is InChI=1S/C19H22N4O2/c1-21-18(24)11-15-12-22(10-8-16(15)20-21)13-19(25)23-9-4-6-14-5-2-3-7-17(14)23/h2-3,5,7,11H,4,6,8-10,12-13H2,1H3. The predicted molar refractivity (Wildman–Crippen MR) is 95.6 cm³/mol. The maximum Gasteiger partial charge on any atom is 0.266 e. The molecule has 2 aliphatic rings. The van der Waals surface area contributed by atoms with Crippen molar-refractivity contribution in [1.82, 2.24) is 14.7 Å². The molecule has 4 rings (SSSR count). The summed E-state index contributed by atoms with van der Waals surface area (Å²) in [6.45, 7) is 2.56. The molecular weight excluding hydrogens is 316 g/mol. The Bertz CT molecular complexity index is 874. The summed E-state index contributed by atoms with van der Waals surface area (Å²) < 4.78 is 1.38. The Labute approximate surface area is 146 Å². The van der Waals surface area contributed by atoms with Crippen molar-refractivity contribution < 1.29 is 4.79 Å². The number of carbonyl (C=O) groups is 1. The first kappa shape index (κ1) is 16.0. The number of fused-ring (bicyclic) bond motifs is 2. The van der Waals surface area contributed by atoms with E-state index in [-0.39, 0.29) is 11.5 Å². The molecule has 25 heavy (non-hydrogen) atoms. The number of anilines is 1. The molecule has 1 amide bonds. The van der Waals surface area contributed by atoms with E-state index >= 15 is 0 Å². The summed E-state index contributed by atoms with van der Waals surface area (Å²) in [4.78, 5) is 28.7. The maximum absolute atomic E-state index is 12.9. The van der Waals surface area contributed by atoms with Crippen LogP contribution in [0.1, 0.15) is 23.2 Å². The first-order chi connectivity index (χ1) is 12.1. The Hall–Kier alpha value is -2.47. The van der Waals surface area contributed by atoms with Gasteiger partial charge in [-0.25, -0.2) is 4.68 Å². The number of nitrogens with zero attached hydrogens (tertiary/aromatic N) is 4. The molecule has 0 spiro atoms. The van der Waals surface area contributed by atoms with Gasteiger partial charge in [0, 0.05) is 44.9 Å². The minimum atomic E-state index is -0.100. The molecule has 6 nitrogen and oxygen atoms in total. The van der Waals surface area contributed by atoms with Crippen molar-refractivity contribution in [3.05, 3.63) is 57.5 Å². The molecule has 130 valence electrons. The van der Waals surface area contributed by atoms with Crippen LogP contribution < -0.4 is 10.5 Å². The Morgan fingerprint density at radius 2 is 2.00 bits per heavy atom. The quantitative estimate of drug-likeness (QED) is 0.823. The van der Waals surface area contributed by atoms with Gasteiger partial charge >= 0.3 is 0 Å². The van der Waals surface area contributed by atoms with Crippen LogP contribution in [0.15, 0.2) is 35.1 Å². The van der Waals surface area contributed by atoms with Gasteiger partial charge in [0.15, 0.2) is 0 Å². The third-order valence-electron chi connectivity index (χ3n) is 5.09. The Morgan fingerprint density at radius 3 is 2.88 bits per heavy atom. The second kappa shape index (κ2) is 6.44. The lowest BCUT2D eigenvalue weighted by Gasteiger charge is -2.33. The summed E-state index contributed by atoms with van der Waals surface area (Å²) in [5.74, 6) is 0.132. The molecule has 6 heteroatoms. The molecule has 2 aromatic rings. The van der Waals surface area contributed by atoms with Gasteiger partial charge in [-0.05, 0) is 30.0 Å². The van der Waals surface area contributed by atoms with E-state index in [4.69, 9.17) is 0 Å². The van der Waals surface area contributed by atoms with Crippen LogP contribution in [0, 0.1) is 0 Å². The molecule has 0 radical (unpaired) electrons. The highest BCUT2D eigenvalue weighted by Crippen LogP contribution is 2.27. The van der Waals surface area contributed by atoms with Crippen molar-refractivity contribution in [2.45, 2.75) is 25.8 Å². The number of carbonyl (C=O) groups excluding carboxylic acids is 1. The van der Waals surface area contributed by atoms with E-state index in [0.717, 1.165) is 49.3 Å². The molecule has 1 aromatic carbocycles. The van der Waals surface area contributed by atoms with Crippen molar-refractivity contribution >= 4 is 11.6 Å². The molecule has 0 aliphatic carbocycles. The number of amides is 1. The van der Waals surface area contributed by atoms with Crippen molar-refractivity contribution in [2.24, 2.45) is 7.05 Å². The van der Waals surface area contributed by atoms with E-state index < -0.39 is 0 Å². The number of para-hydroxylation sites is 1. The monoisotopic (exact) mass is 338 g/mol. The van der Waals surface area contributed by atoms with Crippen LogP contribution in [0.4, 0.5) is 5.69 Å². The fourth-order valence-corrected chi connectivity index (χ4v) is 3.76. The van der Waals surface area contributed by atoms with Gasteiger partial charge in [0.05, 0.1) is 12.2 Å². The van der Waals surface area contributed by atoms with Crippen LogP contribution in [0.5, 0.6) is 0 Å². The summed E-state index contributed by atoms with van der Waals surface area (Å²) in [7, 11) is 1.67. The summed E-state index contributed by atoms with van der Waals surface area (Å²) >= 11 is 0. The number of hydrogen-bond acceptors (Lipinski definition) is 4. The van der Waals surface area contributed by atoms with E-state index in [1.165, 1.54) is 10.2 Å². The van der Waals surface area contributed by atoms with Gasteiger partial charge in [-0.3, -0.25) is 14.5 Å². The second-order valence-corrected chi connectivity index (χ2v) is 6.82. The van der Waals surface area contributed by atoms with Gasteiger partial charge in [0.2, 0.25) is 5.91 Å². The lowest BCUT2D eigenvalue weighted by Crippen LogP contribution is -2.44. The van der Waals surface area contributed by atoms with Crippen LogP contribution in [0.2, 0.25) is 0 Å². The molecule has 0 unspecified atom stereocenters. The van der Waals surface area contributed by atoms with Gasteiger partial charge in [-0.1, -0.05) is 18.2 Å².